The van der Waals surface area contributed by atoms with Gasteiger partial charge in [-0.2, -0.15) is 0 Å². The Hall–Kier alpha value is -2.20. The Labute approximate surface area is 148 Å². The highest BCUT2D eigenvalue weighted by Gasteiger charge is 2.33. The minimum Gasteiger partial charge on any atom is -0.368 e. The molecule has 0 saturated carbocycles. The number of carbonyl (C=O) groups is 2. The first kappa shape index (κ1) is 20.8. The lowest BCUT2D eigenvalue weighted by Crippen LogP contribution is -2.44. The molecule has 2 amide bonds. The van der Waals surface area contributed by atoms with Gasteiger partial charge in [0.2, 0.25) is 5.91 Å². The molecule has 0 saturated heterocycles. The Kier molecular flexibility index (Phi) is 6.49. The highest BCUT2D eigenvalue weighted by Crippen LogP contribution is 2.35. The lowest BCUT2D eigenvalue weighted by molar-refractivity contribution is -0.119. The minimum absolute atomic E-state index is 0.0470. The second-order valence-corrected chi connectivity index (χ2v) is 12.5. The van der Waals surface area contributed by atoms with Crippen LogP contribution in [0.2, 0.25) is 18.1 Å². The Balaban J connectivity index is 2.89. The number of hydrogen-bond acceptors (Lipinski definition) is 2. The predicted molar refractivity (Wildman–Crippen MR) is 96.4 cm³/mol. The van der Waals surface area contributed by atoms with Crippen molar-refractivity contribution >= 4 is 19.9 Å². The topological polar surface area (TPSA) is 72.2 Å². The molecule has 0 aliphatic rings. The van der Waals surface area contributed by atoms with Crippen molar-refractivity contribution in [2.45, 2.75) is 51.4 Å². The van der Waals surface area contributed by atoms with Gasteiger partial charge in [-0.3, -0.25) is 9.59 Å². The second kappa shape index (κ2) is 7.79. The standard InChI is InChI=1S/C18H24F2N2O2Si/c1-18(2,3)25(4,5)8-6-7-15(16(21)23)22-17(24)12-9-13(19)11-14(20)10-12/h9-11,15H,7H2,1-5H3,(H2,21,23)(H,22,24)/t15-/m0/s1. The van der Waals surface area contributed by atoms with E-state index in [2.05, 4.69) is 50.6 Å². The summed E-state index contributed by atoms with van der Waals surface area (Å²) in [6, 6.07) is 1.40. The minimum atomic E-state index is -1.85. The third-order valence-corrected chi connectivity index (χ3v) is 8.91. The number of carbonyl (C=O) groups excluding carboxylic acids is 2. The van der Waals surface area contributed by atoms with Crippen LogP contribution in [-0.2, 0) is 4.79 Å². The summed E-state index contributed by atoms with van der Waals surface area (Å²) in [6.45, 7) is 10.6. The molecule has 0 bridgehead atoms. The molecule has 0 aliphatic heterocycles. The van der Waals surface area contributed by atoms with Gasteiger partial charge in [0.05, 0.1) is 0 Å². The molecule has 0 unspecified atom stereocenters. The van der Waals surface area contributed by atoms with E-state index >= 15 is 0 Å². The smallest absolute Gasteiger partial charge is 0.252 e. The summed E-state index contributed by atoms with van der Waals surface area (Å²) in [5, 5.41) is 2.44. The SMILES string of the molecule is CC(C)(C)[Si](C)(C)C#CC[C@H](NC(=O)c1cc(F)cc(F)c1)C(N)=O. The normalized spacial score (nSPS) is 12.8. The number of nitrogens with one attached hydrogen (secondary N) is 1. The highest BCUT2D eigenvalue weighted by molar-refractivity contribution is 6.87. The molecule has 1 rings (SSSR count). The average Bonchev–Trinajstić information content (AvgIpc) is 2.43. The van der Waals surface area contributed by atoms with Crippen molar-refractivity contribution in [2.75, 3.05) is 0 Å². The first-order valence-corrected chi connectivity index (χ1v) is 10.9. The van der Waals surface area contributed by atoms with Crippen molar-refractivity contribution in [1.82, 2.24) is 5.32 Å². The molecule has 0 aromatic heterocycles. The van der Waals surface area contributed by atoms with Gasteiger partial charge in [-0.05, 0) is 17.2 Å². The molecule has 1 aromatic carbocycles. The molecule has 1 atom stereocenters. The fraction of sp³-hybridized carbons (Fsp3) is 0.444. The molecule has 0 radical (unpaired) electrons. The van der Waals surface area contributed by atoms with E-state index in [9.17, 15) is 18.4 Å². The number of rotatable bonds is 4. The Bertz CT molecular complexity index is 711. The van der Waals surface area contributed by atoms with Gasteiger partial charge in [-0.25, -0.2) is 8.78 Å². The van der Waals surface area contributed by atoms with E-state index < -0.39 is 37.6 Å². The first-order valence-electron chi connectivity index (χ1n) is 7.90. The van der Waals surface area contributed by atoms with Gasteiger partial charge in [0, 0.05) is 18.1 Å². The molecule has 1 aromatic rings. The van der Waals surface area contributed by atoms with E-state index in [-0.39, 0.29) is 17.0 Å². The highest BCUT2D eigenvalue weighted by atomic mass is 28.3. The van der Waals surface area contributed by atoms with Crippen LogP contribution in [0.25, 0.3) is 0 Å². The number of primary amides is 1. The van der Waals surface area contributed by atoms with Crippen molar-refractivity contribution < 1.29 is 18.4 Å². The molecule has 25 heavy (non-hydrogen) atoms. The van der Waals surface area contributed by atoms with Gasteiger partial charge in [0.25, 0.3) is 5.91 Å². The zero-order valence-corrected chi connectivity index (χ0v) is 16.2. The molecular weight excluding hydrogens is 342 g/mol. The van der Waals surface area contributed by atoms with Gasteiger partial charge in [0.15, 0.2) is 0 Å². The average molecular weight is 366 g/mol. The summed E-state index contributed by atoms with van der Waals surface area (Å²) < 4.78 is 26.4. The molecule has 0 spiro atoms. The van der Waals surface area contributed by atoms with E-state index in [0.29, 0.717) is 6.07 Å². The molecule has 136 valence electrons. The summed E-state index contributed by atoms with van der Waals surface area (Å²) >= 11 is 0. The van der Waals surface area contributed by atoms with Gasteiger partial charge >= 0.3 is 0 Å². The predicted octanol–water partition coefficient (Wildman–Crippen LogP) is 2.99. The first-order chi connectivity index (χ1) is 11.3. The summed E-state index contributed by atoms with van der Waals surface area (Å²) in [5.74, 6) is -0.348. The van der Waals surface area contributed by atoms with E-state index in [1.54, 1.807) is 0 Å². The Morgan fingerprint density at radius 2 is 1.72 bits per heavy atom. The van der Waals surface area contributed by atoms with Crippen molar-refractivity contribution in [3.63, 3.8) is 0 Å². The van der Waals surface area contributed by atoms with Crippen LogP contribution in [0.3, 0.4) is 0 Å². The van der Waals surface area contributed by atoms with Crippen LogP contribution < -0.4 is 11.1 Å². The van der Waals surface area contributed by atoms with Crippen LogP contribution in [0.4, 0.5) is 8.78 Å². The maximum absolute atomic E-state index is 13.2. The van der Waals surface area contributed by atoms with Gasteiger partial charge < -0.3 is 11.1 Å². The maximum Gasteiger partial charge on any atom is 0.252 e. The van der Waals surface area contributed by atoms with E-state index in [0.717, 1.165) is 12.1 Å². The van der Waals surface area contributed by atoms with Crippen molar-refractivity contribution in [3.05, 3.63) is 35.4 Å². The third-order valence-electron chi connectivity index (χ3n) is 4.36. The number of nitrogens with two attached hydrogens (primary N) is 1. The summed E-state index contributed by atoms with van der Waals surface area (Å²) in [6.07, 6.45) is 0.0470. The number of benzene rings is 1. The fourth-order valence-electron chi connectivity index (χ4n) is 1.71. The molecule has 4 nitrogen and oxygen atoms in total. The van der Waals surface area contributed by atoms with Crippen molar-refractivity contribution in [2.24, 2.45) is 5.73 Å². The molecular formula is C18H24F2N2O2Si. The van der Waals surface area contributed by atoms with Crippen molar-refractivity contribution in [3.8, 4) is 11.5 Å². The maximum atomic E-state index is 13.2. The van der Waals surface area contributed by atoms with Crippen LogP contribution in [0.1, 0.15) is 37.6 Å². The number of amides is 2. The lowest BCUT2D eigenvalue weighted by atomic mass is 10.1. The van der Waals surface area contributed by atoms with E-state index in [4.69, 9.17) is 5.73 Å². The molecule has 7 heteroatoms. The quantitative estimate of drug-likeness (QED) is 0.635. The fourth-order valence-corrected chi connectivity index (χ4v) is 2.63. The Morgan fingerprint density at radius 1 is 1.20 bits per heavy atom. The van der Waals surface area contributed by atoms with Crippen molar-refractivity contribution in [1.29, 1.82) is 0 Å². The zero-order chi connectivity index (χ0) is 19.4. The van der Waals surface area contributed by atoms with Gasteiger partial charge in [-0.1, -0.05) is 33.9 Å². The summed E-state index contributed by atoms with van der Waals surface area (Å²) in [5.41, 5.74) is 8.30. The largest absolute Gasteiger partial charge is 0.368 e. The number of hydrogen-bond donors (Lipinski definition) is 2. The monoisotopic (exact) mass is 366 g/mol. The summed E-state index contributed by atoms with van der Waals surface area (Å²) in [7, 11) is -1.85. The molecule has 0 fully saturated rings. The molecule has 0 aliphatic carbocycles. The second-order valence-electron chi connectivity index (χ2n) is 7.47. The van der Waals surface area contributed by atoms with Crippen LogP contribution in [0, 0.1) is 23.1 Å². The third kappa shape index (κ3) is 5.98. The zero-order valence-electron chi connectivity index (χ0n) is 15.2. The summed E-state index contributed by atoms with van der Waals surface area (Å²) in [4.78, 5) is 23.6. The molecule has 0 heterocycles. The van der Waals surface area contributed by atoms with Gasteiger partial charge in [0.1, 0.15) is 25.8 Å². The van der Waals surface area contributed by atoms with Crippen LogP contribution in [-0.4, -0.2) is 25.9 Å². The number of halogens is 2. The van der Waals surface area contributed by atoms with Crippen LogP contribution >= 0.6 is 0 Å². The Morgan fingerprint density at radius 3 is 2.16 bits per heavy atom. The van der Waals surface area contributed by atoms with Gasteiger partial charge in [-0.15, -0.1) is 11.5 Å². The lowest BCUT2D eigenvalue weighted by Gasteiger charge is -2.31. The van der Waals surface area contributed by atoms with E-state index in [1.807, 2.05) is 0 Å². The van der Waals surface area contributed by atoms with Crippen LogP contribution in [0.5, 0.6) is 0 Å². The molecule has 3 N–H and O–H groups in total. The van der Waals surface area contributed by atoms with E-state index in [1.165, 1.54) is 0 Å². The van der Waals surface area contributed by atoms with Crippen LogP contribution in [0.15, 0.2) is 18.2 Å².